The predicted molar refractivity (Wildman–Crippen MR) is 288 cm³/mol. The highest BCUT2D eigenvalue weighted by atomic mass is 16.5. The molecule has 0 bridgehead atoms. The van der Waals surface area contributed by atoms with Crippen LogP contribution >= 0.6 is 0 Å². The van der Waals surface area contributed by atoms with Crippen LogP contribution in [0.25, 0.3) is 0 Å². The van der Waals surface area contributed by atoms with E-state index >= 15 is 0 Å². The van der Waals surface area contributed by atoms with E-state index in [-0.39, 0.29) is 19.8 Å². The van der Waals surface area contributed by atoms with Gasteiger partial charge >= 0.3 is 0 Å². The molecule has 0 aromatic rings. The number of hydrogen-bond donors (Lipinski definition) is 3. The van der Waals surface area contributed by atoms with Crippen LogP contribution in [-0.4, -0.2) is 74.3 Å². The Labute approximate surface area is 426 Å². The highest BCUT2D eigenvalue weighted by Crippen LogP contribution is 2.69. The van der Waals surface area contributed by atoms with Crippen LogP contribution in [0.2, 0.25) is 0 Å². The van der Waals surface area contributed by atoms with Gasteiger partial charge in [-0.1, -0.05) is 138 Å². The molecular formula is C63H112O6. The zero-order valence-corrected chi connectivity index (χ0v) is 47.0. The highest BCUT2D eigenvalue weighted by Gasteiger charge is 2.61. The first-order valence-corrected chi connectivity index (χ1v) is 29.9. The van der Waals surface area contributed by atoms with E-state index in [4.69, 9.17) is 24.8 Å². The molecule has 0 radical (unpaired) electrons. The fraction of sp³-hybridized carbons (Fsp3) is 0.937. The Kier molecular flexibility index (Phi) is 21.8. The number of aliphatic hydroxyl groups excluding tert-OH is 3. The van der Waals surface area contributed by atoms with Gasteiger partial charge in [0.2, 0.25) is 0 Å². The summed E-state index contributed by atoms with van der Waals surface area (Å²) in [6.45, 7) is 30.3. The molecular weight excluding hydrogens is 853 g/mol. The molecule has 3 N–H and O–H groups in total. The molecule has 6 heteroatoms. The van der Waals surface area contributed by atoms with Crippen molar-refractivity contribution < 1.29 is 29.5 Å². The standard InChI is InChI=1S/C31H54O3.C28H48.C4H10O3/c1-22(2)7-6-8-23(3)27-11-12-28-26-10-9-24-21-25(34-20-19-33-18-17-32)13-15-30(24,4)29(26)14-16-31(27,28)5;1-19(2)8-7-9-21(4)24-12-13-25-23-11-10-22-18-20(3)14-16-27(22,5)26(23)15-17-28(24,25)6;5-1-3-7-4-2-6/h9,22-23,25-29,32H,6-8,10-21H2,1-5H3;10,19-21,23-26H,7-9,11-18H2,1-6H3;5-6H,1-4H2/t23-,25+,26+,27-,28+,29+,30+,31-;20-,21+,23-,24+,25-,26-,27-,28+;/m10./s1. The Morgan fingerprint density at radius 3 is 1.42 bits per heavy atom. The van der Waals surface area contributed by atoms with Crippen LogP contribution in [0, 0.1) is 98.6 Å². The van der Waals surface area contributed by atoms with Crippen LogP contribution in [0.15, 0.2) is 23.3 Å². The van der Waals surface area contributed by atoms with E-state index in [9.17, 15) is 0 Å². The van der Waals surface area contributed by atoms with E-state index < -0.39 is 0 Å². The quantitative estimate of drug-likeness (QED) is 0.0832. The third-order valence-electron chi connectivity index (χ3n) is 22.1. The van der Waals surface area contributed by atoms with Crippen LogP contribution < -0.4 is 0 Å². The number of allylic oxidation sites excluding steroid dienone is 3. The molecule has 0 aliphatic heterocycles. The second kappa shape index (κ2) is 26.1. The molecule has 8 aliphatic rings. The van der Waals surface area contributed by atoms with Gasteiger partial charge in [0.25, 0.3) is 0 Å². The van der Waals surface area contributed by atoms with E-state index in [1.165, 1.54) is 135 Å². The first-order chi connectivity index (χ1) is 33.0. The molecule has 6 nitrogen and oxygen atoms in total. The normalized spacial score (nSPS) is 39.8. The van der Waals surface area contributed by atoms with Gasteiger partial charge in [-0.05, 0) is 201 Å². The SMILES string of the molecule is CC(C)CCC[C@@H](C)[C@H]1CC[C@H]2[C@@H]3CC=C4C[C@@H](C)CC[C@]4(C)[C@H]3CC[C@]12C.CC(C)CCC[C@@H](C)[C@H]1CC[C@H]2[C@@H]3CC=C4C[C@@H](OCCOCCO)CC[C@]4(C)[C@H]3CC[C@]12C.OCCOCCO. The number of hydrogen-bond acceptors (Lipinski definition) is 6. The molecule has 0 aromatic carbocycles. The Morgan fingerprint density at radius 1 is 0.507 bits per heavy atom. The van der Waals surface area contributed by atoms with Crippen molar-refractivity contribution in [2.24, 2.45) is 98.6 Å². The van der Waals surface area contributed by atoms with E-state index in [2.05, 4.69) is 93.1 Å². The maximum absolute atomic E-state index is 8.86. The Hall–Kier alpha value is -0.760. The summed E-state index contributed by atoms with van der Waals surface area (Å²) in [5.74, 6) is 12.1. The molecule has 0 unspecified atom stereocenters. The molecule has 0 saturated heterocycles. The van der Waals surface area contributed by atoms with Gasteiger partial charge in [0.15, 0.2) is 0 Å². The van der Waals surface area contributed by atoms with Gasteiger partial charge in [-0.3, -0.25) is 0 Å². The number of aliphatic hydroxyl groups is 3. The summed E-state index contributed by atoms with van der Waals surface area (Å²) in [6, 6.07) is 0. The Morgan fingerprint density at radius 2 is 0.957 bits per heavy atom. The molecule has 6 fully saturated rings. The monoisotopic (exact) mass is 965 g/mol. The van der Waals surface area contributed by atoms with Crippen LogP contribution in [0.5, 0.6) is 0 Å². The van der Waals surface area contributed by atoms with Crippen molar-refractivity contribution in [1.82, 2.24) is 0 Å². The summed E-state index contributed by atoms with van der Waals surface area (Å²) in [5, 5.41) is 25.0. The van der Waals surface area contributed by atoms with Gasteiger partial charge in [-0.25, -0.2) is 0 Å². The van der Waals surface area contributed by atoms with Crippen molar-refractivity contribution in [1.29, 1.82) is 0 Å². The van der Waals surface area contributed by atoms with Crippen LogP contribution in [-0.2, 0) is 14.2 Å². The second-order valence-electron chi connectivity index (χ2n) is 27.1. The van der Waals surface area contributed by atoms with Gasteiger partial charge in [0.1, 0.15) is 0 Å². The summed E-state index contributed by atoms with van der Waals surface area (Å²) >= 11 is 0. The Balaban J connectivity index is 0.000000202. The molecule has 0 amide bonds. The summed E-state index contributed by atoms with van der Waals surface area (Å²) in [6.07, 6.45) is 37.0. The maximum Gasteiger partial charge on any atom is 0.0704 e. The smallest absolute Gasteiger partial charge is 0.0704 e. The second-order valence-corrected chi connectivity index (χ2v) is 27.1. The number of rotatable bonds is 20. The fourth-order valence-electron chi connectivity index (χ4n) is 18.3. The summed E-state index contributed by atoms with van der Waals surface area (Å²) in [5.41, 5.74) is 5.75. The minimum atomic E-state index is 0.0278. The molecule has 0 spiro atoms. The van der Waals surface area contributed by atoms with E-state index in [0.29, 0.717) is 60.8 Å². The summed E-state index contributed by atoms with van der Waals surface area (Å²) < 4.78 is 16.2. The topological polar surface area (TPSA) is 88.4 Å². The first-order valence-electron chi connectivity index (χ1n) is 29.9. The Bertz CT molecular complexity index is 1580. The van der Waals surface area contributed by atoms with Gasteiger partial charge in [0.05, 0.1) is 59.0 Å². The largest absolute Gasteiger partial charge is 0.394 e. The molecule has 0 heterocycles. The molecule has 400 valence electrons. The first kappa shape index (κ1) is 57.5. The fourth-order valence-corrected chi connectivity index (χ4v) is 18.3. The van der Waals surface area contributed by atoms with Crippen molar-refractivity contribution in [2.75, 3.05) is 52.9 Å². The zero-order chi connectivity index (χ0) is 50.0. The number of fused-ring (bicyclic) bond motifs is 10. The third kappa shape index (κ3) is 13.4. The van der Waals surface area contributed by atoms with Crippen molar-refractivity contribution in [3.8, 4) is 0 Å². The number of ether oxygens (including phenoxy) is 3. The lowest BCUT2D eigenvalue weighted by molar-refractivity contribution is -0.0683. The molecule has 16 atom stereocenters. The van der Waals surface area contributed by atoms with Gasteiger partial charge in [-0.2, -0.15) is 0 Å². The van der Waals surface area contributed by atoms with Gasteiger partial charge < -0.3 is 29.5 Å². The molecule has 6 saturated carbocycles. The predicted octanol–water partition coefficient (Wildman–Crippen LogP) is 15.1. The van der Waals surface area contributed by atoms with Crippen LogP contribution in [0.4, 0.5) is 0 Å². The minimum absolute atomic E-state index is 0.0278. The molecule has 69 heavy (non-hydrogen) atoms. The average Bonchev–Trinajstić information content (AvgIpc) is 3.86. The molecule has 8 rings (SSSR count). The van der Waals surface area contributed by atoms with Gasteiger partial charge in [-0.15, -0.1) is 0 Å². The van der Waals surface area contributed by atoms with Crippen molar-refractivity contribution in [3.05, 3.63) is 23.3 Å². The van der Waals surface area contributed by atoms with Crippen molar-refractivity contribution in [2.45, 2.75) is 224 Å². The van der Waals surface area contributed by atoms with Gasteiger partial charge in [0, 0.05) is 0 Å². The lowest BCUT2D eigenvalue weighted by Gasteiger charge is -2.58. The summed E-state index contributed by atoms with van der Waals surface area (Å²) in [4.78, 5) is 0. The summed E-state index contributed by atoms with van der Waals surface area (Å²) in [7, 11) is 0. The minimum Gasteiger partial charge on any atom is -0.394 e. The van der Waals surface area contributed by atoms with E-state index in [1.54, 1.807) is 5.57 Å². The van der Waals surface area contributed by atoms with Crippen molar-refractivity contribution >= 4 is 0 Å². The molecule has 0 aromatic heterocycles. The van der Waals surface area contributed by atoms with Crippen LogP contribution in [0.3, 0.4) is 0 Å². The van der Waals surface area contributed by atoms with E-state index in [0.717, 1.165) is 83.4 Å². The third-order valence-corrected chi connectivity index (χ3v) is 22.1. The maximum atomic E-state index is 8.86. The zero-order valence-electron chi connectivity index (χ0n) is 47.0. The highest BCUT2D eigenvalue weighted by molar-refractivity contribution is 5.27. The van der Waals surface area contributed by atoms with E-state index in [1.807, 2.05) is 5.57 Å². The molecule has 8 aliphatic carbocycles. The lowest BCUT2D eigenvalue weighted by Crippen LogP contribution is -2.51. The average molecular weight is 966 g/mol. The van der Waals surface area contributed by atoms with Crippen molar-refractivity contribution in [3.63, 3.8) is 0 Å². The lowest BCUT2D eigenvalue weighted by atomic mass is 9.46. The van der Waals surface area contributed by atoms with Crippen LogP contribution in [0.1, 0.15) is 217 Å².